The lowest BCUT2D eigenvalue weighted by Gasteiger charge is -2.26. The third-order valence-electron chi connectivity index (χ3n) is 3.38. The number of carbonyl (C=O) groups is 2. The third kappa shape index (κ3) is 3.32. The van der Waals surface area contributed by atoms with Gasteiger partial charge in [0.1, 0.15) is 5.92 Å². The van der Waals surface area contributed by atoms with Gasteiger partial charge in [0.05, 0.1) is 0 Å². The van der Waals surface area contributed by atoms with E-state index in [0.29, 0.717) is 17.8 Å². The number of nitrogens with zero attached hydrogens (tertiary/aromatic N) is 1. The molecule has 2 rings (SSSR count). The van der Waals surface area contributed by atoms with Crippen molar-refractivity contribution < 1.29 is 14.8 Å². The largest absolute Gasteiger partial charge is 0.289 e. The first-order valence-electron chi connectivity index (χ1n) is 7.07. The van der Waals surface area contributed by atoms with E-state index in [0.717, 1.165) is 0 Å². The van der Waals surface area contributed by atoms with Crippen LogP contribution in [0.4, 0.5) is 11.4 Å². The van der Waals surface area contributed by atoms with Crippen LogP contribution in [-0.2, 0) is 9.59 Å². The molecule has 0 aromatic heterocycles. The lowest BCUT2D eigenvalue weighted by atomic mass is 10.0. The van der Waals surface area contributed by atoms with E-state index in [1.165, 1.54) is 4.90 Å². The Morgan fingerprint density at radius 3 is 1.82 bits per heavy atom. The predicted octanol–water partition coefficient (Wildman–Crippen LogP) is 2.88. The SMILES string of the molecule is CCC(C(=O)NO)C(=O)N(c1ccccc1)c1ccccc1. The number of nitrogens with one attached hydrogen (secondary N) is 1. The van der Waals surface area contributed by atoms with Crippen LogP contribution in [0, 0.1) is 5.92 Å². The second-order valence-electron chi connectivity index (χ2n) is 4.78. The zero-order valence-corrected chi connectivity index (χ0v) is 12.3. The summed E-state index contributed by atoms with van der Waals surface area (Å²) >= 11 is 0. The molecular formula is C17H18N2O3. The number of carbonyl (C=O) groups excluding carboxylic acids is 2. The fourth-order valence-corrected chi connectivity index (χ4v) is 2.26. The number of amides is 2. The summed E-state index contributed by atoms with van der Waals surface area (Å²) < 4.78 is 0. The molecule has 0 bridgehead atoms. The highest BCUT2D eigenvalue weighted by atomic mass is 16.5. The molecule has 0 fully saturated rings. The second kappa shape index (κ2) is 7.38. The smallest absolute Gasteiger partial charge is 0.255 e. The fourth-order valence-electron chi connectivity index (χ4n) is 2.26. The van der Waals surface area contributed by atoms with Crippen molar-refractivity contribution in [3.05, 3.63) is 60.7 Å². The lowest BCUT2D eigenvalue weighted by Crippen LogP contribution is -2.40. The van der Waals surface area contributed by atoms with Crippen molar-refractivity contribution in [2.75, 3.05) is 4.90 Å². The standard InChI is InChI=1S/C17H18N2O3/c1-2-15(16(20)18-22)17(21)19(13-9-5-3-6-10-13)14-11-7-4-8-12-14/h3-12,15,22H,2H2,1H3,(H,18,20). The van der Waals surface area contributed by atoms with Gasteiger partial charge in [0.15, 0.2) is 0 Å². The number of hydrogen-bond donors (Lipinski definition) is 2. The summed E-state index contributed by atoms with van der Waals surface area (Å²) in [4.78, 5) is 26.1. The average molecular weight is 298 g/mol. The molecule has 0 aliphatic rings. The Kier molecular flexibility index (Phi) is 5.27. The van der Waals surface area contributed by atoms with Gasteiger partial charge in [-0.2, -0.15) is 0 Å². The summed E-state index contributed by atoms with van der Waals surface area (Å²) in [7, 11) is 0. The van der Waals surface area contributed by atoms with Gasteiger partial charge >= 0.3 is 0 Å². The molecule has 0 saturated carbocycles. The van der Waals surface area contributed by atoms with Crippen LogP contribution in [0.15, 0.2) is 60.7 Å². The van der Waals surface area contributed by atoms with Crippen molar-refractivity contribution in [1.82, 2.24) is 5.48 Å². The van der Waals surface area contributed by atoms with Crippen LogP contribution >= 0.6 is 0 Å². The first-order valence-corrected chi connectivity index (χ1v) is 7.07. The molecule has 1 unspecified atom stereocenters. The van der Waals surface area contributed by atoms with Gasteiger partial charge in [-0.25, -0.2) is 5.48 Å². The minimum Gasteiger partial charge on any atom is -0.289 e. The van der Waals surface area contributed by atoms with Gasteiger partial charge in [-0.15, -0.1) is 0 Å². The van der Waals surface area contributed by atoms with Gasteiger partial charge in [-0.05, 0) is 30.7 Å². The maximum atomic E-state index is 12.8. The molecule has 0 radical (unpaired) electrons. The van der Waals surface area contributed by atoms with Crippen LogP contribution in [-0.4, -0.2) is 17.0 Å². The molecule has 5 heteroatoms. The van der Waals surface area contributed by atoms with Gasteiger partial charge in [0, 0.05) is 11.4 Å². The molecule has 0 aliphatic carbocycles. The van der Waals surface area contributed by atoms with Gasteiger partial charge in [0.2, 0.25) is 5.91 Å². The quantitative estimate of drug-likeness (QED) is 0.506. The van der Waals surface area contributed by atoms with E-state index in [2.05, 4.69) is 0 Å². The van der Waals surface area contributed by atoms with E-state index in [1.54, 1.807) is 36.7 Å². The molecule has 0 saturated heterocycles. The first-order chi connectivity index (χ1) is 10.7. The van der Waals surface area contributed by atoms with E-state index in [-0.39, 0.29) is 5.91 Å². The van der Waals surface area contributed by atoms with E-state index in [4.69, 9.17) is 5.21 Å². The zero-order valence-electron chi connectivity index (χ0n) is 12.3. The highest BCUT2D eigenvalue weighted by Gasteiger charge is 2.30. The molecule has 0 aliphatic heterocycles. The summed E-state index contributed by atoms with van der Waals surface area (Å²) in [5.41, 5.74) is 2.91. The van der Waals surface area contributed by atoms with Crippen molar-refractivity contribution in [3.63, 3.8) is 0 Å². The van der Waals surface area contributed by atoms with Crippen LogP contribution < -0.4 is 10.4 Å². The molecule has 0 heterocycles. The number of rotatable bonds is 5. The van der Waals surface area contributed by atoms with Crippen molar-refractivity contribution in [1.29, 1.82) is 0 Å². The summed E-state index contributed by atoms with van der Waals surface area (Å²) in [6.07, 6.45) is 0.293. The Hall–Kier alpha value is -2.66. The maximum absolute atomic E-state index is 12.8. The average Bonchev–Trinajstić information content (AvgIpc) is 2.57. The van der Waals surface area contributed by atoms with Crippen molar-refractivity contribution in [3.8, 4) is 0 Å². The predicted molar refractivity (Wildman–Crippen MR) is 83.7 cm³/mol. The first kappa shape index (κ1) is 15.7. The summed E-state index contributed by atoms with van der Waals surface area (Å²) in [6, 6.07) is 18.2. The van der Waals surface area contributed by atoms with E-state index >= 15 is 0 Å². The number of benzene rings is 2. The maximum Gasteiger partial charge on any atom is 0.255 e. The van der Waals surface area contributed by atoms with Crippen LogP contribution in [0.2, 0.25) is 0 Å². The second-order valence-corrected chi connectivity index (χ2v) is 4.78. The van der Waals surface area contributed by atoms with Crippen LogP contribution in [0.5, 0.6) is 0 Å². The summed E-state index contributed by atoms with van der Waals surface area (Å²) in [6.45, 7) is 1.73. The van der Waals surface area contributed by atoms with Crippen LogP contribution in [0.25, 0.3) is 0 Å². The van der Waals surface area contributed by atoms with Gasteiger partial charge in [-0.3, -0.25) is 19.7 Å². The molecule has 0 spiro atoms. The third-order valence-corrected chi connectivity index (χ3v) is 3.38. The Bertz CT molecular complexity index is 589. The molecular weight excluding hydrogens is 280 g/mol. The number of anilines is 2. The fraction of sp³-hybridized carbons (Fsp3) is 0.176. The Labute approximate surface area is 129 Å². The van der Waals surface area contributed by atoms with Gasteiger partial charge in [-0.1, -0.05) is 43.3 Å². The topological polar surface area (TPSA) is 69.6 Å². The van der Waals surface area contributed by atoms with Crippen LogP contribution in [0.1, 0.15) is 13.3 Å². The Morgan fingerprint density at radius 1 is 1.00 bits per heavy atom. The molecule has 2 aromatic rings. The molecule has 2 amide bonds. The highest BCUT2D eigenvalue weighted by Crippen LogP contribution is 2.27. The van der Waals surface area contributed by atoms with Gasteiger partial charge < -0.3 is 0 Å². The zero-order chi connectivity index (χ0) is 15.9. The molecule has 2 N–H and O–H groups in total. The number of hydrogen-bond acceptors (Lipinski definition) is 3. The lowest BCUT2D eigenvalue weighted by molar-refractivity contribution is -0.139. The minimum absolute atomic E-state index is 0.293. The Balaban J connectivity index is 2.45. The monoisotopic (exact) mass is 298 g/mol. The van der Waals surface area contributed by atoms with Crippen molar-refractivity contribution >= 4 is 23.2 Å². The molecule has 22 heavy (non-hydrogen) atoms. The van der Waals surface area contributed by atoms with Gasteiger partial charge in [0.25, 0.3) is 5.91 Å². The van der Waals surface area contributed by atoms with Crippen LogP contribution in [0.3, 0.4) is 0 Å². The molecule has 2 aromatic carbocycles. The van der Waals surface area contributed by atoms with Crippen molar-refractivity contribution in [2.24, 2.45) is 5.92 Å². The summed E-state index contributed by atoms with van der Waals surface area (Å²) in [5, 5.41) is 8.84. The molecule has 114 valence electrons. The minimum atomic E-state index is -0.953. The molecule has 1 atom stereocenters. The Morgan fingerprint density at radius 2 is 1.45 bits per heavy atom. The van der Waals surface area contributed by atoms with E-state index in [9.17, 15) is 9.59 Å². The number of para-hydroxylation sites is 2. The number of hydroxylamine groups is 1. The highest BCUT2D eigenvalue weighted by molar-refractivity contribution is 6.11. The normalized spacial score (nSPS) is 11.5. The summed E-state index contributed by atoms with van der Waals surface area (Å²) in [5.74, 6) is -2.04. The molecule has 5 nitrogen and oxygen atoms in total. The van der Waals surface area contributed by atoms with E-state index < -0.39 is 11.8 Å². The van der Waals surface area contributed by atoms with E-state index in [1.807, 2.05) is 36.4 Å². The van der Waals surface area contributed by atoms with Crippen molar-refractivity contribution in [2.45, 2.75) is 13.3 Å².